The molecule has 1 aromatic heterocycles. The first-order valence-corrected chi connectivity index (χ1v) is 16.6. The Bertz CT molecular complexity index is 985. The Labute approximate surface area is 260 Å². The van der Waals surface area contributed by atoms with Gasteiger partial charge in [0.25, 0.3) is 4.84 Å². The number of carbonyl (C=O) groups excluding carboxylic acids is 1. The van der Waals surface area contributed by atoms with Crippen LogP contribution < -0.4 is 10.1 Å². The van der Waals surface area contributed by atoms with Crippen molar-refractivity contribution in [2.75, 3.05) is 20.2 Å². The predicted octanol–water partition coefficient (Wildman–Crippen LogP) is 9.63. The van der Waals surface area contributed by atoms with Gasteiger partial charge in [0.1, 0.15) is 17.6 Å². The summed E-state index contributed by atoms with van der Waals surface area (Å²) in [6.07, 6.45) is 20.4. The molecule has 1 aromatic carbocycles. The van der Waals surface area contributed by atoms with Crippen LogP contribution in [0.3, 0.4) is 0 Å². The molecule has 2 aromatic rings. The van der Waals surface area contributed by atoms with E-state index in [9.17, 15) is 4.79 Å². The van der Waals surface area contributed by atoms with Crippen molar-refractivity contribution in [1.29, 1.82) is 0 Å². The van der Waals surface area contributed by atoms with Crippen molar-refractivity contribution in [3.8, 4) is 17.2 Å². The Morgan fingerprint density at radius 3 is 1.90 bits per heavy atom. The lowest BCUT2D eigenvalue weighted by atomic mass is 10.0. The lowest BCUT2D eigenvalue weighted by Crippen LogP contribution is -2.38. The van der Waals surface area contributed by atoms with Crippen LogP contribution in [-0.2, 0) is 9.53 Å². The molecule has 0 saturated carbocycles. The molecule has 7 nitrogen and oxygen atoms in total. The second kappa shape index (κ2) is 22.5. The number of aromatic amines is 1. The van der Waals surface area contributed by atoms with Crippen LogP contribution in [0.4, 0.5) is 0 Å². The average molecular weight is 606 g/mol. The van der Waals surface area contributed by atoms with Crippen molar-refractivity contribution < 1.29 is 18.7 Å². The van der Waals surface area contributed by atoms with Gasteiger partial charge in [-0.3, -0.25) is 0 Å². The number of nitrogens with zero attached hydrogens (tertiary/aromatic N) is 1. The highest BCUT2D eigenvalue weighted by atomic mass is 32.1. The molecule has 0 fully saturated rings. The van der Waals surface area contributed by atoms with Crippen molar-refractivity contribution in [2.45, 2.75) is 142 Å². The van der Waals surface area contributed by atoms with Gasteiger partial charge in [0.2, 0.25) is 5.89 Å². The lowest BCUT2D eigenvalue weighted by Gasteiger charge is -2.30. The van der Waals surface area contributed by atoms with Gasteiger partial charge in [0.05, 0.1) is 12.2 Å². The molecule has 42 heavy (non-hydrogen) atoms. The number of hydrogen-bond donors (Lipinski definition) is 2. The topological polar surface area (TPSA) is 89.4 Å². The highest BCUT2D eigenvalue weighted by Gasteiger charge is 2.23. The fourth-order valence-corrected chi connectivity index (χ4v) is 4.81. The molecular weight excluding hydrogens is 546 g/mol. The molecule has 0 radical (unpaired) electrons. The fraction of sp³-hybridized carbons (Fsp3) is 0.735. The number of H-pyrrole nitrogens is 1. The highest BCUT2D eigenvalue weighted by molar-refractivity contribution is 7.71. The van der Waals surface area contributed by atoms with Gasteiger partial charge in [0.15, 0.2) is 0 Å². The zero-order valence-electron chi connectivity index (χ0n) is 27.4. The summed E-state index contributed by atoms with van der Waals surface area (Å²) in [6, 6.07) is 7.59. The third-order valence-corrected chi connectivity index (χ3v) is 7.33. The number of benzene rings is 1. The largest absolute Gasteiger partial charge is 0.488 e. The van der Waals surface area contributed by atoms with Crippen LogP contribution in [-0.4, -0.2) is 47.9 Å². The minimum Gasteiger partial charge on any atom is -0.488 e. The maximum absolute atomic E-state index is 10.1. The van der Waals surface area contributed by atoms with E-state index in [-0.39, 0.29) is 16.0 Å². The molecule has 2 N–H and O–H groups in total. The number of carbonyl (C=O) groups is 1. The van der Waals surface area contributed by atoms with E-state index >= 15 is 0 Å². The quantitative estimate of drug-likeness (QED) is 0.0740. The Hall–Kier alpha value is -2.03. The van der Waals surface area contributed by atoms with E-state index in [0.717, 1.165) is 43.4 Å². The summed E-state index contributed by atoms with van der Waals surface area (Å²) in [7, 11) is 1.92. The Morgan fingerprint density at radius 2 is 1.43 bits per heavy atom. The standard InChI is InChI=1S/C18H27N3O3S.C16H32O/c1-17(2,10-11-22-18(3,4)12-19-5)24-14-8-6-13(7-9-14)15-20-21-16(25)23-15;1-2-3-4-5-6-7-8-9-10-11-12-13-14-15-16-17/h6-9,19H,10-12H2,1-5H3,(H,21,25);16H,2-15H2,1H3. The van der Waals surface area contributed by atoms with Gasteiger partial charge in [-0.2, -0.15) is 0 Å². The van der Waals surface area contributed by atoms with Crippen LogP contribution in [0.2, 0.25) is 0 Å². The van der Waals surface area contributed by atoms with E-state index in [2.05, 4.69) is 50.1 Å². The minimum atomic E-state index is -0.332. The van der Waals surface area contributed by atoms with E-state index in [4.69, 9.17) is 26.1 Å². The zero-order chi connectivity index (χ0) is 31.1. The van der Waals surface area contributed by atoms with Gasteiger partial charge in [-0.05, 0) is 77.6 Å². The lowest BCUT2D eigenvalue weighted by molar-refractivity contribution is -0.107. The molecule has 0 saturated heterocycles. The van der Waals surface area contributed by atoms with Crippen LogP contribution >= 0.6 is 12.2 Å². The Balaban J connectivity index is 0.000000456. The van der Waals surface area contributed by atoms with Crippen molar-refractivity contribution in [3.63, 3.8) is 0 Å². The van der Waals surface area contributed by atoms with Gasteiger partial charge in [-0.25, -0.2) is 5.10 Å². The Morgan fingerprint density at radius 1 is 0.881 bits per heavy atom. The molecule has 0 aliphatic heterocycles. The van der Waals surface area contributed by atoms with Gasteiger partial charge in [0, 0.05) is 24.9 Å². The van der Waals surface area contributed by atoms with E-state index in [1.807, 2.05) is 31.3 Å². The van der Waals surface area contributed by atoms with Gasteiger partial charge >= 0.3 is 0 Å². The molecule has 8 heteroatoms. The van der Waals surface area contributed by atoms with Gasteiger partial charge in [-0.15, -0.1) is 5.10 Å². The van der Waals surface area contributed by atoms with Crippen LogP contribution in [0.25, 0.3) is 11.5 Å². The van der Waals surface area contributed by atoms with E-state index in [1.165, 1.54) is 77.0 Å². The predicted molar refractivity (Wildman–Crippen MR) is 177 cm³/mol. The molecule has 0 aliphatic rings. The van der Waals surface area contributed by atoms with Crippen LogP contribution in [0.1, 0.15) is 131 Å². The van der Waals surface area contributed by atoms with Gasteiger partial charge in [-0.1, -0.05) is 84.0 Å². The van der Waals surface area contributed by atoms with Gasteiger partial charge < -0.3 is 24.0 Å². The Kier molecular flexibility index (Phi) is 20.4. The van der Waals surface area contributed by atoms with Crippen LogP contribution in [0.15, 0.2) is 28.7 Å². The summed E-state index contributed by atoms with van der Waals surface area (Å²) in [5.41, 5.74) is 0.319. The zero-order valence-corrected chi connectivity index (χ0v) is 28.2. The van der Waals surface area contributed by atoms with E-state index in [1.54, 1.807) is 0 Å². The summed E-state index contributed by atoms with van der Waals surface area (Å²) in [6.45, 7) is 12.0. The summed E-state index contributed by atoms with van der Waals surface area (Å²) in [4.78, 5) is 10.4. The SMILES string of the molecule is CCCCCCCCCCCCCCCC=O.CNCC(C)(C)OCCC(C)(C)Oc1ccc(-c2n[nH]c(=S)o2)cc1. The summed E-state index contributed by atoms with van der Waals surface area (Å²) in [5.74, 6) is 1.26. The number of aromatic nitrogens is 2. The number of ether oxygens (including phenoxy) is 2. The summed E-state index contributed by atoms with van der Waals surface area (Å²) in [5, 5.41) is 9.76. The van der Waals surface area contributed by atoms with Crippen molar-refractivity contribution >= 4 is 18.5 Å². The first kappa shape index (κ1) is 38.0. The second-order valence-electron chi connectivity index (χ2n) is 12.4. The molecular formula is C34H59N3O4S. The molecule has 0 amide bonds. The van der Waals surface area contributed by atoms with E-state index in [0.29, 0.717) is 12.5 Å². The molecule has 240 valence electrons. The second-order valence-corrected chi connectivity index (χ2v) is 12.8. The fourth-order valence-electron chi connectivity index (χ4n) is 4.68. The molecule has 0 atom stereocenters. The summed E-state index contributed by atoms with van der Waals surface area (Å²) >= 11 is 4.89. The normalized spacial score (nSPS) is 11.7. The molecule has 1 heterocycles. The summed E-state index contributed by atoms with van der Waals surface area (Å²) < 4.78 is 17.3. The average Bonchev–Trinajstić information content (AvgIpc) is 3.38. The van der Waals surface area contributed by atoms with Crippen LogP contribution in [0.5, 0.6) is 5.75 Å². The minimum absolute atomic E-state index is 0.191. The third-order valence-electron chi connectivity index (χ3n) is 7.16. The van der Waals surface area contributed by atoms with Crippen molar-refractivity contribution in [3.05, 3.63) is 29.1 Å². The number of nitrogens with one attached hydrogen (secondary N) is 2. The number of likely N-dealkylation sites (N-methyl/N-ethyl adjacent to an activating group) is 1. The van der Waals surface area contributed by atoms with Crippen molar-refractivity contribution in [1.82, 2.24) is 15.5 Å². The monoisotopic (exact) mass is 605 g/mol. The molecule has 0 spiro atoms. The molecule has 0 unspecified atom stereocenters. The highest BCUT2D eigenvalue weighted by Crippen LogP contribution is 2.25. The molecule has 0 aliphatic carbocycles. The van der Waals surface area contributed by atoms with Crippen LogP contribution in [0, 0.1) is 4.84 Å². The number of unbranched alkanes of at least 4 members (excludes halogenated alkanes) is 13. The van der Waals surface area contributed by atoms with Crippen molar-refractivity contribution in [2.24, 2.45) is 0 Å². The molecule has 2 rings (SSSR count). The van der Waals surface area contributed by atoms with E-state index < -0.39 is 0 Å². The third kappa shape index (κ3) is 19.2. The first-order valence-electron chi connectivity index (χ1n) is 16.2. The number of hydrogen-bond acceptors (Lipinski definition) is 7. The number of rotatable bonds is 23. The maximum atomic E-state index is 10.1. The first-order chi connectivity index (χ1) is 20.1. The smallest absolute Gasteiger partial charge is 0.284 e. The maximum Gasteiger partial charge on any atom is 0.284 e. The number of aldehydes is 1. The molecule has 0 bridgehead atoms.